The van der Waals surface area contributed by atoms with Gasteiger partial charge in [-0.25, -0.2) is 0 Å². The lowest BCUT2D eigenvalue weighted by Gasteiger charge is -2.25. The molecule has 32 heavy (non-hydrogen) atoms. The summed E-state index contributed by atoms with van der Waals surface area (Å²) in [5.74, 6) is 0.706. The van der Waals surface area contributed by atoms with Crippen LogP contribution in [0.3, 0.4) is 0 Å². The molecule has 0 saturated carbocycles. The van der Waals surface area contributed by atoms with Gasteiger partial charge in [0.1, 0.15) is 21.8 Å². The third kappa shape index (κ3) is 5.10. The molecule has 0 bridgehead atoms. The molecule has 0 N–H and O–H groups in total. The van der Waals surface area contributed by atoms with Gasteiger partial charge in [0.05, 0.1) is 4.91 Å². The summed E-state index contributed by atoms with van der Waals surface area (Å²) in [6, 6.07) is 2.06. The van der Waals surface area contributed by atoms with E-state index in [-0.39, 0.29) is 17.0 Å². The molecule has 172 valence electrons. The third-order valence-electron chi connectivity index (χ3n) is 6.26. The first-order chi connectivity index (χ1) is 15.4. The predicted molar refractivity (Wildman–Crippen MR) is 136 cm³/mol. The first-order valence-electron chi connectivity index (χ1n) is 11.5. The minimum absolute atomic E-state index is 0.0762. The van der Waals surface area contributed by atoms with Crippen LogP contribution in [0, 0.1) is 18.3 Å². The Morgan fingerprint density at radius 3 is 2.44 bits per heavy atom. The summed E-state index contributed by atoms with van der Waals surface area (Å²) in [6.07, 6.45) is 10.9. The van der Waals surface area contributed by atoms with E-state index in [0.717, 1.165) is 50.2 Å². The van der Waals surface area contributed by atoms with Crippen LogP contribution < -0.4 is 10.5 Å². The zero-order valence-electron chi connectivity index (χ0n) is 19.3. The summed E-state index contributed by atoms with van der Waals surface area (Å²) in [5.41, 5.74) is 1.23. The van der Waals surface area contributed by atoms with Crippen molar-refractivity contribution in [2.24, 2.45) is 7.05 Å². The summed E-state index contributed by atoms with van der Waals surface area (Å²) in [4.78, 5) is 30.3. The molecule has 3 heterocycles. The van der Waals surface area contributed by atoms with Gasteiger partial charge in [0.2, 0.25) is 0 Å². The van der Waals surface area contributed by atoms with Gasteiger partial charge in [-0.3, -0.25) is 19.1 Å². The average molecular weight is 473 g/mol. The molecule has 2 saturated heterocycles. The normalized spacial score (nSPS) is 17.6. The lowest BCUT2D eigenvalue weighted by Crippen LogP contribution is -2.31. The monoisotopic (exact) mass is 472 g/mol. The molecular weight excluding hydrogens is 440 g/mol. The number of anilines is 1. The van der Waals surface area contributed by atoms with Crippen molar-refractivity contribution in [3.8, 4) is 6.07 Å². The highest BCUT2D eigenvalue weighted by molar-refractivity contribution is 8.26. The number of pyridine rings is 1. The Kier molecular flexibility index (Phi) is 8.55. The van der Waals surface area contributed by atoms with Crippen LogP contribution in [0.4, 0.5) is 5.82 Å². The average Bonchev–Trinajstić information content (AvgIpc) is 3.39. The standard InChI is InChI=1S/C24H32N4O2S2/c1-4-5-6-7-8-9-14-28-23(30)20(32-24(28)31)15-18-17(2)19(16-25)22(29)26(3)21(18)27-12-10-11-13-27/h15H,4-14H2,1-3H3/b20-15+. The number of carbonyl (C=O) groups excluding carboxylic acids is 1. The summed E-state index contributed by atoms with van der Waals surface area (Å²) < 4.78 is 2.14. The van der Waals surface area contributed by atoms with Crippen molar-refractivity contribution < 1.29 is 4.79 Å². The van der Waals surface area contributed by atoms with Gasteiger partial charge < -0.3 is 4.90 Å². The van der Waals surface area contributed by atoms with Gasteiger partial charge in [0.15, 0.2) is 0 Å². The van der Waals surface area contributed by atoms with Crippen LogP contribution in [-0.4, -0.2) is 39.3 Å². The molecule has 3 rings (SSSR count). The number of carbonyl (C=O) groups is 1. The number of nitrogens with zero attached hydrogens (tertiary/aromatic N) is 4. The second kappa shape index (κ2) is 11.2. The molecule has 2 aliphatic rings. The Morgan fingerprint density at radius 2 is 1.78 bits per heavy atom. The molecular formula is C24H32N4O2S2. The second-order valence-corrected chi connectivity index (χ2v) is 10.2. The number of hydrogen-bond donors (Lipinski definition) is 0. The Hall–Kier alpha value is -2.11. The van der Waals surface area contributed by atoms with Crippen LogP contribution in [0.5, 0.6) is 0 Å². The first kappa shape index (κ1) is 24.5. The Bertz CT molecular complexity index is 1020. The Morgan fingerprint density at radius 1 is 1.12 bits per heavy atom. The fraction of sp³-hybridized carbons (Fsp3) is 0.583. The van der Waals surface area contributed by atoms with Crippen LogP contribution >= 0.6 is 24.0 Å². The number of thioether (sulfide) groups is 1. The van der Waals surface area contributed by atoms with Crippen LogP contribution in [-0.2, 0) is 11.8 Å². The van der Waals surface area contributed by atoms with E-state index >= 15 is 0 Å². The topological polar surface area (TPSA) is 69.3 Å². The first-order valence-corrected chi connectivity index (χ1v) is 12.8. The fourth-order valence-electron chi connectivity index (χ4n) is 4.40. The molecule has 0 spiro atoms. The molecule has 2 fully saturated rings. The molecule has 0 atom stereocenters. The van der Waals surface area contributed by atoms with E-state index in [0.29, 0.717) is 21.3 Å². The highest BCUT2D eigenvalue weighted by atomic mass is 32.2. The van der Waals surface area contributed by atoms with E-state index in [2.05, 4.69) is 17.9 Å². The molecule has 8 heteroatoms. The highest BCUT2D eigenvalue weighted by Crippen LogP contribution is 2.36. The summed E-state index contributed by atoms with van der Waals surface area (Å²) >= 11 is 6.82. The van der Waals surface area contributed by atoms with Gasteiger partial charge in [-0.15, -0.1) is 0 Å². The van der Waals surface area contributed by atoms with Crippen LogP contribution in [0.2, 0.25) is 0 Å². The van der Waals surface area contributed by atoms with E-state index in [1.165, 1.54) is 37.4 Å². The van der Waals surface area contributed by atoms with Gasteiger partial charge in [-0.2, -0.15) is 5.26 Å². The lowest BCUT2D eigenvalue weighted by molar-refractivity contribution is -0.122. The molecule has 1 aromatic heterocycles. The smallest absolute Gasteiger partial charge is 0.270 e. The zero-order valence-corrected chi connectivity index (χ0v) is 20.9. The number of unbranched alkanes of at least 4 members (excludes halogenated alkanes) is 5. The van der Waals surface area contributed by atoms with Gasteiger partial charge in [-0.1, -0.05) is 63.0 Å². The van der Waals surface area contributed by atoms with E-state index in [4.69, 9.17) is 12.2 Å². The number of rotatable bonds is 9. The van der Waals surface area contributed by atoms with Gasteiger partial charge in [0.25, 0.3) is 11.5 Å². The van der Waals surface area contributed by atoms with Crippen molar-refractivity contribution in [1.29, 1.82) is 5.26 Å². The Balaban J connectivity index is 1.88. The number of aromatic nitrogens is 1. The largest absolute Gasteiger partial charge is 0.357 e. The molecule has 6 nitrogen and oxygen atoms in total. The lowest BCUT2D eigenvalue weighted by atomic mass is 10.0. The molecule has 1 amide bonds. The zero-order chi connectivity index (χ0) is 23.3. The molecule has 0 unspecified atom stereocenters. The van der Waals surface area contributed by atoms with Crippen molar-refractivity contribution in [3.05, 3.63) is 31.9 Å². The van der Waals surface area contributed by atoms with Crippen LogP contribution in [0.1, 0.15) is 75.0 Å². The van der Waals surface area contributed by atoms with Gasteiger partial charge in [-0.05, 0) is 37.8 Å². The quantitative estimate of drug-likeness (QED) is 0.294. The second-order valence-electron chi connectivity index (χ2n) is 8.51. The molecule has 1 aromatic rings. The van der Waals surface area contributed by atoms with Crippen molar-refractivity contribution in [1.82, 2.24) is 9.47 Å². The minimum Gasteiger partial charge on any atom is -0.357 e. The SMILES string of the molecule is CCCCCCCCN1C(=O)/C(=C\c2c(C)c(C#N)c(=O)n(C)c2N2CCCC2)SC1=S. The maximum atomic E-state index is 13.1. The summed E-state index contributed by atoms with van der Waals surface area (Å²) in [6.45, 7) is 6.36. The summed E-state index contributed by atoms with van der Waals surface area (Å²) in [7, 11) is 1.71. The number of thiocarbonyl (C=S) groups is 1. The van der Waals surface area contributed by atoms with Crippen molar-refractivity contribution in [2.45, 2.75) is 65.2 Å². The minimum atomic E-state index is -0.292. The molecule has 0 aliphatic carbocycles. The van der Waals surface area contributed by atoms with Crippen LogP contribution in [0.25, 0.3) is 6.08 Å². The number of hydrogen-bond acceptors (Lipinski definition) is 6. The van der Waals surface area contributed by atoms with Crippen LogP contribution in [0.15, 0.2) is 9.70 Å². The van der Waals surface area contributed by atoms with Gasteiger partial charge in [0, 0.05) is 32.2 Å². The van der Waals surface area contributed by atoms with E-state index in [1.807, 2.05) is 6.08 Å². The molecule has 2 aliphatic heterocycles. The fourth-order valence-corrected chi connectivity index (χ4v) is 5.69. The van der Waals surface area contributed by atoms with E-state index < -0.39 is 0 Å². The third-order valence-corrected chi connectivity index (χ3v) is 7.64. The van der Waals surface area contributed by atoms with Crippen molar-refractivity contribution in [3.63, 3.8) is 0 Å². The van der Waals surface area contributed by atoms with Crippen molar-refractivity contribution in [2.75, 3.05) is 24.5 Å². The number of amides is 1. The predicted octanol–water partition coefficient (Wildman–Crippen LogP) is 4.73. The highest BCUT2D eigenvalue weighted by Gasteiger charge is 2.33. The van der Waals surface area contributed by atoms with E-state index in [1.54, 1.807) is 23.4 Å². The number of nitriles is 1. The molecule has 0 radical (unpaired) electrons. The van der Waals surface area contributed by atoms with Crippen molar-refractivity contribution >= 4 is 46.1 Å². The molecule has 0 aromatic carbocycles. The van der Waals surface area contributed by atoms with E-state index in [9.17, 15) is 14.9 Å². The maximum Gasteiger partial charge on any atom is 0.270 e. The Labute approximate surface area is 200 Å². The maximum absolute atomic E-state index is 13.1. The van der Waals surface area contributed by atoms with Gasteiger partial charge >= 0.3 is 0 Å². The summed E-state index contributed by atoms with van der Waals surface area (Å²) in [5, 5.41) is 9.58.